The van der Waals surface area contributed by atoms with E-state index in [0.717, 1.165) is 0 Å². The number of carbonyl (C=O) groups is 2. The van der Waals surface area contributed by atoms with Crippen LogP contribution < -0.4 is 10.4 Å². The second-order valence-corrected chi connectivity index (χ2v) is 6.88. The average Bonchev–Trinajstić information content (AvgIpc) is 2.78. The highest BCUT2D eigenvalue weighted by Gasteiger charge is 2.24. The van der Waals surface area contributed by atoms with Gasteiger partial charge >= 0.3 is 0 Å². The second-order valence-electron chi connectivity index (χ2n) is 6.88. The molecule has 0 aromatic heterocycles. The van der Waals surface area contributed by atoms with Crippen molar-refractivity contribution in [1.29, 1.82) is 0 Å². The fourth-order valence-corrected chi connectivity index (χ4v) is 2.96. The number of aromatic hydroxyl groups is 1. The third-order valence-corrected chi connectivity index (χ3v) is 4.62. The first-order valence-electron chi connectivity index (χ1n) is 9.58. The predicted octanol–water partition coefficient (Wildman–Crippen LogP) is 1.65. The molecule has 2 unspecified atom stereocenters. The fourth-order valence-electron chi connectivity index (χ4n) is 2.96. The van der Waals surface area contributed by atoms with Crippen molar-refractivity contribution in [2.24, 2.45) is 4.99 Å². The molecular weight excluding hydrogens is 396 g/mol. The number of hydrogen-bond donors (Lipinski definition) is 3. The molecule has 3 rings (SSSR count). The molecule has 0 aliphatic carbocycles. The largest absolute Gasteiger partial charge is 0.548 e. The quantitative estimate of drug-likeness (QED) is 0.481. The van der Waals surface area contributed by atoms with Crippen LogP contribution in [-0.4, -0.2) is 34.3 Å². The maximum absolute atomic E-state index is 12.3. The first-order valence-corrected chi connectivity index (χ1v) is 9.58. The van der Waals surface area contributed by atoms with Crippen LogP contribution in [-0.2, 0) is 16.0 Å². The lowest BCUT2D eigenvalue weighted by molar-refractivity contribution is -0.310. The number of para-hydroxylation sites is 1. The molecule has 0 fully saturated rings. The number of phenolic OH excluding ortho intramolecular Hbond substituents is 1. The summed E-state index contributed by atoms with van der Waals surface area (Å²) in [6.45, 7) is 0. The Morgan fingerprint density at radius 1 is 0.968 bits per heavy atom. The Hall–Kier alpha value is -3.97. The smallest absolute Gasteiger partial charge is 0.225 e. The number of nitrogens with zero attached hydrogens (tertiary/aromatic N) is 1. The Morgan fingerprint density at radius 3 is 2.26 bits per heavy atom. The summed E-state index contributed by atoms with van der Waals surface area (Å²) in [7, 11) is 0. The van der Waals surface area contributed by atoms with Crippen LogP contribution in [0.15, 0.2) is 83.9 Å². The minimum absolute atomic E-state index is 0.0746. The van der Waals surface area contributed by atoms with E-state index in [9.17, 15) is 24.9 Å². The van der Waals surface area contributed by atoms with Gasteiger partial charge in [-0.3, -0.25) is 9.79 Å². The zero-order valence-electron chi connectivity index (χ0n) is 16.5. The van der Waals surface area contributed by atoms with Crippen molar-refractivity contribution in [2.45, 2.75) is 18.6 Å². The number of phenols is 1. The van der Waals surface area contributed by atoms with Crippen LogP contribution in [0.25, 0.3) is 0 Å². The van der Waals surface area contributed by atoms with Crippen molar-refractivity contribution in [1.82, 2.24) is 5.32 Å². The molecule has 0 saturated heterocycles. The number of hydrogen-bond acceptors (Lipinski definition) is 6. The topological polar surface area (TPSA) is 122 Å². The van der Waals surface area contributed by atoms with Crippen molar-refractivity contribution < 1.29 is 24.9 Å². The Morgan fingerprint density at radius 2 is 1.61 bits per heavy atom. The molecule has 0 radical (unpaired) electrons. The number of aliphatic hydroxyl groups is 1. The summed E-state index contributed by atoms with van der Waals surface area (Å²) in [5.41, 5.74) is 2.21. The molecule has 2 atom stereocenters. The molecule has 0 aliphatic heterocycles. The van der Waals surface area contributed by atoms with E-state index in [1.165, 1.54) is 6.21 Å². The lowest BCUT2D eigenvalue weighted by atomic mass is 10.0. The average molecular weight is 417 g/mol. The van der Waals surface area contributed by atoms with Crippen LogP contribution in [0.5, 0.6) is 5.75 Å². The molecule has 3 aromatic rings. The van der Waals surface area contributed by atoms with Crippen molar-refractivity contribution >= 4 is 23.8 Å². The first-order chi connectivity index (χ1) is 14.9. The van der Waals surface area contributed by atoms with Gasteiger partial charge in [-0.1, -0.05) is 54.6 Å². The van der Waals surface area contributed by atoms with Crippen LogP contribution in [0.1, 0.15) is 22.8 Å². The molecule has 0 bridgehead atoms. The number of amides is 1. The number of rotatable bonds is 8. The molecule has 0 saturated carbocycles. The lowest BCUT2D eigenvalue weighted by Crippen LogP contribution is -2.51. The summed E-state index contributed by atoms with van der Waals surface area (Å²) in [5.74, 6) is -2.01. The molecule has 0 heterocycles. The Bertz CT molecular complexity index is 1060. The van der Waals surface area contributed by atoms with Gasteiger partial charge in [0.25, 0.3) is 0 Å². The molecule has 158 valence electrons. The van der Waals surface area contributed by atoms with E-state index in [2.05, 4.69) is 10.3 Å². The fraction of sp³-hybridized carbons (Fsp3) is 0.125. The molecule has 3 aromatic carbocycles. The Kier molecular flexibility index (Phi) is 7.13. The molecule has 0 aliphatic rings. The van der Waals surface area contributed by atoms with Crippen molar-refractivity contribution in [3.8, 4) is 5.75 Å². The summed E-state index contributed by atoms with van der Waals surface area (Å²) in [4.78, 5) is 28.0. The highest BCUT2D eigenvalue weighted by atomic mass is 16.4. The Labute approximate surface area is 179 Å². The van der Waals surface area contributed by atoms with Gasteiger partial charge in [0, 0.05) is 11.8 Å². The first kappa shape index (κ1) is 21.7. The Balaban J connectivity index is 1.62. The molecular formula is C24H21N2O5-. The lowest BCUT2D eigenvalue weighted by Gasteiger charge is -2.25. The second kappa shape index (κ2) is 10.2. The van der Waals surface area contributed by atoms with Crippen molar-refractivity contribution in [3.63, 3.8) is 0 Å². The van der Waals surface area contributed by atoms with Crippen molar-refractivity contribution in [2.75, 3.05) is 0 Å². The summed E-state index contributed by atoms with van der Waals surface area (Å²) in [6.07, 6.45) is 0.0302. The predicted molar refractivity (Wildman–Crippen MR) is 114 cm³/mol. The molecule has 0 spiro atoms. The van der Waals surface area contributed by atoms with E-state index in [4.69, 9.17) is 0 Å². The van der Waals surface area contributed by atoms with Gasteiger partial charge in [0.05, 0.1) is 24.1 Å². The van der Waals surface area contributed by atoms with Crippen LogP contribution in [0.4, 0.5) is 5.69 Å². The van der Waals surface area contributed by atoms with E-state index >= 15 is 0 Å². The van der Waals surface area contributed by atoms with Gasteiger partial charge in [0.1, 0.15) is 11.9 Å². The van der Waals surface area contributed by atoms with E-state index in [-0.39, 0.29) is 12.2 Å². The van der Waals surface area contributed by atoms with Crippen LogP contribution >= 0.6 is 0 Å². The third kappa shape index (κ3) is 6.01. The summed E-state index contributed by atoms with van der Waals surface area (Å²) in [6, 6.07) is 20.2. The molecule has 7 heteroatoms. The van der Waals surface area contributed by atoms with Crippen LogP contribution in [0, 0.1) is 0 Å². The van der Waals surface area contributed by atoms with Gasteiger partial charge in [-0.2, -0.15) is 0 Å². The standard InChI is InChI=1S/C24H22N2O5/c27-20-9-5-4-8-18(20)15-25-19-12-10-16(11-13-19)14-21(28)26-22(24(30)31)23(29)17-6-2-1-3-7-17/h1-13,15,22-23,27,29H,14H2,(H,26,28)(H,30,31)/p-1. The zero-order chi connectivity index (χ0) is 22.2. The summed E-state index contributed by atoms with van der Waals surface area (Å²) >= 11 is 0. The number of aliphatic hydroxyl groups excluding tert-OH is 1. The number of nitrogens with one attached hydrogen (secondary N) is 1. The van der Waals surface area contributed by atoms with Crippen LogP contribution in [0.3, 0.4) is 0 Å². The minimum atomic E-state index is -1.57. The number of carbonyl (C=O) groups excluding carboxylic acids is 2. The summed E-state index contributed by atoms with van der Waals surface area (Å²) in [5, 5.41) is 33.8. The molecule has 1 amide bonds. The number of carboxylic acids is 1. The number of benzene rings is 3. The van der Waals surface area contributed by atoms with E-state index in [1.54, 1.807) is 78.9 Å². The van der Waals surface area contributed by atoms with E-state index in [0.29, 0.717) is 22.4 Å². The van der Waals surface area contributed by atoms with Crippen molar-refractivity contribution in [3.05, 3.63) is 95.6 Å². The summed E-state index contributed by atoms with van der Waals surface area (Å²) < 4.78 is 0. The normalized spacial score (nSPS) is 12.9. The van der Waals surface area contributed by atoms with Gasteiger partial charge in [0.15, 0.2) is 0 Å². The van der Waals surface area contributed by atoms with Gasteiger partial charge in [-0.25, -0.2) is 0 Å². The number of aliphatic carboxylic acids is 1. The van der Waals surface area contributed by atoms with E-state index < -0.39 is 24.0 Å². The third-order valence-electron chi connectivity index (χ3n) is 4.62. The maximum Gasteiger partial charge on any atom is 0.225 e. The molecule has 7 nitrogen and oxygen atoms in total. The maximum atomic E-state index is 12.3. The van der Waals surface area contributed by atoms with Gasteiger partial charge < -0.3 is 25.4 Å². The minimum Gasteiger partial charge on any atom is -0.548 e. The number of carboxylic acid groups (broad SMARTS) is 1. The number of aliphatic imine (C=N–C) groups is 1. The molecule has 3 N–H and O–H groups in total. The van der Waals surface area contributed by atoms with Gasteiger partial charge in [-0.05, 0) is 35.4 Å². The van der Waals surface area contributed by atoms with Crippen LogP contribution in [0.2, 0.25) is 0 Å². The zero-order valence-corrected chi connectivity index (χ0v) is 16.5. The van der Waals surface area contributed by atoms with Gasteiger partial charge in [-0.15, -0.1) is 0 Å². The van der Waals surface area contributed by atoms with E-state index in [1.807, 2.05) is 0 Å². The highest BCUT2D eigenvalue weighted by molar-refractivity contribution is 5.86. The van der Waals surface area contributed by atoms with Gasteiger partial charge in [0.2, 0.25) is 5.91 Å². The highest BCUT2D eigenvalue weighted by Crippen LogP contribution is 2.18. The molecule has 31 heavy (non-hydrogen) atoms. The monoisotopic (exact) mass is 417 g/mol. The SMILES string of the molecule is O=C(Cc1ccc(N=Cc2ccccc2O)cc1)NC(C(=O)[O-])C(O)c1ccccc1.